The lowest BCUT2D eigenvalue weighted by atomic mass is 10.1. The Hall–Kier alpha value is -3.26. The van der Waals surface area contributed by atoms with Crippen molar-refractivity contribution in [3.63, 3.8) is 0 Å². The van der Waals surface area contributed by atoms with Crippen LogP contribution in [0.3, 0.4) is 0 Å². The molecule has 0 radical (unpaired) electrons. The number of aromatic nitrogens is 2. The largest absolute Gasteiger partial charge is 0.497 e. The molecule has 2 aromatic carbocycles. The van der Waals surface area contributed by atoms with Gasteiger partial charge in [-0.3, -0.25) is 10.5 Å². The fraction of sp³-hybridized carbons (Fsp3) is 0.462. The second kappa shape index (κ2) is 9.93. The van der Waals surface area contributed by atoms with Crippen LogP contribution >= 0.6 is 0 Å². The number of nitrogens with two attached hydrogens (primary N) is 1. The average Bonchev–Trinajstić information content (AvgIpc) is 3.11. The van der Waals surface area contributed by atoms with E-state index in [-0.39, 0.29) is 5.91 Å². The monoisotopic (exact) mass is 465 g/mol. The lowest BCUT2D eigenvalue weighted by Gasteiger charge is -2.26. The van der Waals surface area contributed by atoms with Crippen molar-refractivity contribution in [3.05, 3.63) is 42.0 Å². The van der Waals surface area contributed by atoms with Crippen LogP contribution in [0.25, 0.3) is 11.0 Å². The summed E-state index contributed by atoms with van der Waals surface area (Å²) < 4.78 is 13.4. The van der Waals surface area contributed by atoms with Crippen LogP contribution in [0.5, 0.6) is 11.5 Å². The summed E-state index contributed by atoms with van der Waals surface area (Å²) in [6, 6.07) is 11.3. The lowest BCUT2D eigenvalue weighted by molar-refractivity contribution is 0.0715. The molecular formula is C26H35N5O3. The molecule has 1 aliphatic heterocycles. The summed E-state index contributed by atoms with van der Waals surface area (Å²) in [5, 5.41) is 3.39. The van der Waals surface area contributed by atoms with Gasteiger partial charge in [-0.05, 0) is 30.0 Å². The summed E-state index contributed by atoms with van der Waals surface area (Å²) in [5.41, 5.74) is 9.42. The van der Waals surface area contributed by atoms with Crippen molar-refractivity contribution in [1.29, 1.82) is 0 Å². The number of benzene rings is 2. The van der Waals surface area contributed by atoms with Crippen LogP contribution in [-0.2, 0) is 6.54 Å². The van der Waals surface area contributed by atoms with E-state index in [1.54, 1.807) is 7.11 Å². The van der Waals surface area contributed by atoms with Gasteiger partial charge in [0, 0.05) is 55.5 Å². The van der Waals surface area contributed by atoms with E-state index in [0.717, 1.165) is 29.8 Å². The highest BCUT2D eigenvalue weighted by atomic mass is 16.5. The zero-order valence-electron chi connectivity index (χ0n) is 20.7. The number of anilines is 2. The summed E-state index contributed by atoms with van der Waals surface area (Å²) >= 11 is 0. The number of carbonyl (C=O) groups is 1. The normalized spacial score (nSPS) is 15.6. The van der Waals surface area contributed by atoms with Gasteiger partial charge >= 0.3 is 0 Å². The van der Waals surface area contributed by atoms with Crippen molar-refractivity contribution < 1.29 is 14.3 Å². The van der Waals surface area contributed by atoms with E-state index in [2.05, 4.69) is 37.6 Å². The summed E-state index contributed by atoms with van der Waals surface area (Å²) in [6.07, 6.45) is 0.0956. The van der Waals surface area contributed by atoms with Gasteiger partial charge < -0.3 is 24.3 Å². The highest BCUT2D eigenvalue weighted by Gasteiger charge is 2.21. The molecule has 1 aromatic heterocycles. The summed E-state index contributed by atoms with van der Waals surface area (Å²) in [5.74, 6) is 2.83. The minimum atomic E-state index is -0.485. The first-order chi connectivity index (χ1) is 16.2. The average molecular weight is 466 g/mol. The van der Waals surface area contributed by atoms with Crippen molar-refractivity contribution in [2.24, 2.45) is 17.6 Å². The molecule has 2 heterocycles. The van der Waals surface area contributed by atoms with E-state index in [1.165, 1.54) is 0 Å². The molecule has 3 aromatic rings. The number of nitrogens with zero attached hydrogens (tertiary/aromatic N) is 3. The Morgan fingerprint density at radius 1 is 1.21 bits per heavy atom. The Balaban J connectivity index is 1.74. The predicted molar refractivity (Wildman–Crippen MR) is 135 cm³/mol. The number of carbonyl (C=O) groups excluding carboxylic acids is 1. The van der Waals surface area contributed by atoms with Gasteiger partial charge in [-0.25, -0.2) is 4.98 Å². The molecule has 0 saturated carbocycles. The number of hydrogen-bond donors (Lipinski definition) is 2. The molecule has 1 unspecified atom stereocenters. The topological polar surface area (TPSA) is 94.6 Å². The fourth-order valence-electron chi connectivity index (χ4n) is 4.33. The van der Waals surface area contributed by atoms with E-state index < -0.39 is 6.23 Å². The number of aryl methyl sites for hydroxylation is 1. The molecule has 0 aliphatic carbocycles. The molecule has 1 amide bonds. The van der Waals surface area contributed by atoms with E-state index in [9.17, 15) is 4.79 Å². The van der Waals surface area contributed by atoms with Crippen molar-refractivity contribution >= 4 is 28.6 Å². The summed E-state index contributed by atoms with van der Waals surface area (Å²) in [6.45, 7) is 10.6. The maximum atomic E-state index is 13.4. The third kappa shape index (κ3) is 5.28. The van der Waals surface area contributed by atoms with Gasteiger partial charge in [-0.1, -0.05) is 27.7 Å². The lowest BCUT2D eigenvalue weighted by Crippen LogP contribution is -2.37. The van der Waals surface area contributed by atoms with E-state index >= 15 is 0 Å². The number of nitrogens with one attached hydrogen (secondary N) is 1. The van der Waals surface area contributed by atoms with Crippen molar-refractivity contribution in [1.82, 2.24) is 14.5 Å². The predicted octanol–water partition coefficient (Wildman–Crippen LogP) is 4.61. The Bertz CT molecular complexity index is 1160. The van der Waals surface area contributed by atoms with Crippen molar-refractivity contribution in [3.8, 4) is 11.5 Å². The molecule has 1 aliphatic rings. The van der Waals surface area contributed by atoms with Gasteiger partial charge in [0.25, 0.3) is 5.91 Å². The molecule has 3 N–H and O–H groups in total. The Morgan fingerprint density at radius 3 is 2.62 bits per heavy atom. The Kier molecular flexibility index (Phi) is 6.97. The molecule has 182 valence electrons. The highest BCUT2D eigenvalue weighted by molar-refractivity contribution is 5.98. The number of fused-ring (bicyclic) bond motifs is 5. The fourth-order valence-corrected chi connectivity index (χ4v) is 4.33. The standard InChI is InChI=1S/C26H35N5O3/c1-16(2)14-30(15-17(3)4)25(32)18-6-7-22-23(10-18)31-9-8-24(27)34-21-12-19(28-26(31)29-22)11-20(13-21)33-5/h6-7,10-13,16-17,24H,8-9,14-15,27H2,1-5H3,(H,28,29). The van der Waals surface area contributed by atoms with Crippen LogP contribution in [0.1, 0.15) is 44.5 Å². The third-order valence-corrected chi connectivity index (χ3v) is 5.75. The maximum absolute atomic E-state index is 13.4. The first-order valence-corrected chi connectivity index (χ1v) is 11.9. The van der Waals surface area contributed by atoms with Crippen LogP contribution in [0.15, 0.2) is 36.4 Å². The number of amides is 1. The summed E-state index contributed by atoms with van der Waals surface area (Å²) in [4.78, 5) is 20.2. The SMILES string of the molecule is COc1cc2cc(c1)OC(N)CCn1c(nc3ccc(C(=O)N(CC(C)C)CC(C)C)cc31)N2. The van der Waals surface area contributed by atoms with Gasteiger partial charge in [0.15, 0.2) is 0 Å². The number of rotatable bonds is 6. The van der Waals surface area contributed by atoms with Crippen LogP contribution in [0.2, 0.25) is 0 Å². The van der Waals surface area contributed by atoms with E-state index in [1.807, 2.05) is 41.3 Å². The van der Waals surface area contributed by atoms with E-state index in [4.69, 9.17) is 20.2 Å². The van der Waals surface area contributed by atoms with Crippen LogP contribution in [-0.4, -0.2) is 46.8 Å². The highest BCUT2D eigenvalue weighted by Crippen LogP contribution is 2.31. The van der Waals surface area contributed by atoms with E-state index in [0.29, 0.717) is 47.8 Å². The zero-order valence-corrected chi connectivity index (χ0v) is 20.7. The van der Waals surface area contributed by atoms with Crippen molar-refractivity contribution in [2.75, 3.05) is 25.5 Å². The van der Waals surface area contributed by atoms with Gasteiger partial charge in [0.2, 0.25) is 5.95 Å². The molecule has 0 fully saturated rings. The molecule has 0 saturated heterocycles. The molecular weight excluding hydrogens is 430 g/mol. The Morgan fingerprint density at radius 2 is 1.94 bits per heavy atom. The van der Waals surface area contributed by atoms with Gasteiger partial charge in [0.05, 0.1) is 18.1 Å². The number of ether oxygens (including phenoxy) is 2. The Labute approximate surface area is 201 Å². The van der Waals surface area contributed by atoms with Crippen LogP contribution in [0.4, 0.5) is 11.6 Å². The quantitative estimate of drug-likeness (QED) is 0.552. The second-order valence-corrected chi connectivity index (χ2v) is 9.76. The van der Waals surface area contributed by atoms with Gasteiger partial charge in [-0.2, -0.15) is 0 Å². The molecule has 4 rings (SSSR count). The maximum Gasteiger partial charge on any atom is 0.253 e. The number of imidazole rings is 1. The third-order valence-electron chi connectivity index (χ3n) is 5.75. The van der Waals surface area contributed by atoms with Crippen LogP contribution in [0, 0.1) is 11.8 Å². The molecule has 8 heteroatoms. The molecule has 8 nitrogen and oxygen atoms in total. The second-order valence-electron chi connectivity index (χ2n) is 9.76. The minimum absolute atomic E-state index is 0.0464. The molecule has 1 atom stereocenters. The molecule has 2 bridgehead atoms. The summed E-state index contributed by atoms with van der Waals surface area (Å²) in [7, 11) is 1.62. The number of methoxy groups -OCH3 is 1. The van der Waals surface area contributed by atoms with Crippen molar-refractivity contribution in [2.45, 2.75) is 46.9 Å². The minimum Gasteiger partial charge on any atom is -0.497 e. The zero-order chi connectivity index (χ0) is 24.4. The van der Waals surface area contributed by atoms with Gasteiger partial charge in [0.1, 0.15) is 17.7 Å². The first-order valence-electron chi connectivity index (χ1n) is 11.9. The smallest absolute Gasteiger partial charge is 0.253 e. The first kappa shape index (κ1) is 23.9. The molecule has 0 spiro atoms. The molecule has 34 heavy (non-hydrogen) atoms. The van der Waals surface area contributed by atoms with Crippen LogP contribution < -0.4 is 20.5 Å². The number of hydrogen-bond acceptors (Lipinski definition) is 6. The van der Waals surface area contributed by atoms with Gasteiger partial charge in [-0.15, -0.1) is 0 Å².